The summed E-state index contributed by atoms with van der Waals surface area (Å²) in [5, 5.41) is 0.925. The van der Waals surface area contributed by atoms with Crippen LogP contribution in [-0.4, -0.2) is 96.1 Å². The molecule has 234 valence electrons. The number of nitrogens with zero attached hydrogens (tertiary/aromatic N) is 5. The molecule has 0 atom stereocenters. The van der Waals surface area contributed by atoms with Crippen molar-refractivity contribution in [3.63, 3.8) is 0 Å². The third kappa shape index (κ3) is 7.39. The summed E-state index contributed by atoms with van der Waals surface area (Å²) in [7, 11) is 0. The van der Waals surface area contributed by atoms with Gasteiger partial charge in [0.1, 0.15) is 29.3 Å². The van der Waals surface area contributed by atoms with Crippen molar-refractivity contribution in [1.82, 2.24) is 24.3 Å². The molecular formula is C34H45N7O3. The predicted octanol–water partition coefficient (Wildman–Crippen LogP) is 4.57. The Morgan fingerprint density at radius 3 is 2.16 bits per heavy atom. The Kier molecular flexibility index (Phi) is 10.4. The van der Waals surface area contributed by atoms with Crippen LogP contribution in [0.1, 0.15) is 31.7 Å². The van der Waals surface area contributed by atoms with Crippen LogP contribution in [0.4, 0.5) is 5.82 Å². The van der Waals surface area contributed by atoms with Crippen molar-refractivity contribution in [3.05, 3.63) is 67.1 Å². The highest BCUT2D eigenvalue weighted by molar-refractivity contribution is 6.00. The average molecular weight is 600 g/mol. The van der Waals surface area contributed by atoms with Gasteiger partial charge < -0.3 is 30.2 Å². The average Bonchev–Trinajstić information content (AvgIpc) is 3.47. The third-order valence-corrected chi connectivity index (χ3v) is 8.95. The van der Waals surface area contributed by atoms with E-state index in [1.165, 1.54) is 12.8 Å². The maximum atomic E-state index is 6.45. The maximum Gasteiger partial charge on any atom is 0.146 e. The van der Waals surface area contributed by atoms with Crippen LogP contribution in [0.3, 0.4) is 0 Å². The molecule has 1 aliphatic carbocycles. The monoisotopic (exact) mass is 599 g/mol. The van der Waals surface area contributed by atoms with Crippen LogP contribution in [0.5, 0.6) is 11.5 Å². The number of benzene rings is 2. The Hall–Kier alpha value is -3.54. The molecule has 2 fully saturated rings. The zero-order chi connectivity index (χ0) is 30.1. The Morgan fingerprint density at radius 1 is 0.750 bits per heavy atom. The summed E-state index contributed by atoms with van der Waals surface area (Å²) >= 11 is 0. The topological polar surface area (TPSA) is 117 Å². The molecule has 0 radical (unpaired) electrons. The summed E-state index contributed by atoms with van der Waals surface area (Å²) in [5.41, 5.74) is 14.9. The van der Waals surface area contributed by atoms with Crippen LogP contribution in [0.2, 0.25) is 0 Å². The molecule has 0 amide bonds. The number of piperazine rings is 1. The Bertz CT molecular complexity index is 1450. The predicted molar refractivity (Wildman–Crippen MR) is 174 cm³/mol. The van der Waals surface area contributed by atoms with Crippen molar-refractivity contribution in [2.24, 2.45) is 5.73 Å². The lowest BCUT2D eigenvalue weighted by Crippen LogP contribution is -2.51. The van der Waals surface area contributed by atoms with Gasteiger partial charge in [0.05, 0.1) is 31.8 Å². The number of anilines is 1. The van der Waals surface area contributed by atoms with E-state index < -0.39 is 0 Å². The van der Waals surface area contributed by atoms with Gasteiger partial charge in [-0.25, -0.2) is 9.97 Å². The number of nitrogen functional groups attached to an aromatic ring is 1. The van der Waals surface area contributed by atoms with Crippen LogP contribution in [0.25, 0.3) is 22.2 Å². The molecule has 10 nitrogen and oxygen atoms in total. The molecule has 2 aromatic carbocycles. The molecule has 0 unspecified atom stereocenters. The third-order valence-electron chi connectivity index (χ3n) is 8.95. The molecule has 1 aliphatic heterocycles. The Morgan fingerprint density at radius 2 is 1.43 bits per heavy atom. The summed E-state index contributed by atoms with van der Waals surface area (Å²) in [5.74, 6) is 2.13. The van der Waals surface area contributed by atoms with E-state index in [1.807, 2.05) is 42.5 Å². The van der Waals surface area contributed by atoms with E-state index >= 15 is 0 Å². The number of rotatable bonds is 13. The molecule has 6 rings (SSSR count). The highest BCUT2D eigenvalue weighted by Crippen LogP contribution is 2.39. The number of para-hydroxylation sites is 1. The summed E-state index contributed by atoms with van der Waals surface area (Å²) < 4.78 is 19.5. The number of hydrogen-bond acceptors (Lipinski definition) is 9. The number of hydrogen-bond donors (Lipinski definition) is 2. The second-order valence-electron chi connectivity index (χ2n) is 11.7. The summed E-state index contributed by atoms with van der Waals surface area (Å²) in [6, 6.07) is 19.0. The fraction of sp³-hybridized carbons (Fsp3) is 0.471. The van der Waals surface area contributed by atoms with Gasteiger partial charge in [-0.1, -0.05) is 30.3 Å². The fourth-order valence-electron chi connectivity index (χ4n) is 6.59. The molecule has 2 aromatic heterocycles. The minimum atomic E-state index is 0.393. The molecule has 4 aromatic rings. The molecule has 44 heavy (non-hydrogen) atoms. The minimum Gasteiger partial charge on any atom is -0.457 e. The molecule has 1 saturated heterocycles. The van der Waals surface area contributed by atoms with E-state index in [0.29, 0.717) is 44.3 Å². The molecule has 3 heterocycles. The SMILES string of the molecule is NCCOCCOCCN1CCN([C@H]2CC[C@H](n3cc(-c4ccc(Oc5ccccc5)cc4)c4c(N)ncnc43)CC2)CC1. The second kappa shape index (κ2) is 15.0. The van der Waals surface area contributed by atoms with Crippen LogP contribution >= 0.6 is 0 Å². The lowest BCUT2D eigenvalue weighted by molar-refractivity contribution is 0.0259. The first kappa shape index (κ1) is 30.5. The molecule has 1 saturated carbocycles. The Labute approximate surface area is 259 Å². The normalized spacial score (nSPS) is 19.8. The van der Waals surface area contributed by atoms with Gasteiger partial charge in [0.25, 0.3) is 0 Å². The van der Waals surface area contributed by atoms with E-state index in [-0.39, 0.29) is 0 Å². The molecule has 0 bridgehead atoms. The first-order chi connectivity index (χ1) is 21.7. The van der Waals surface area contributed by atoms with E-state index in [1.54, 1.807) is 6.33 Å². The quantitative estimate of drug-likeness (QED) is 0.213. The van der Waals surface area contributed by atoms with Crippen molar-refractivity contribution >= 4 is 16.9 Å². The van der Waals surface area contributed by atoms with Gasteiger partial charge in [-0.05, 0) is 55.5 Å². The largest absolute Gasteiger partial charge is 0.457 e. The van der Waals surface area contributed by atoms with E-state index in [2.05, 4.69) is 37.7 Å². The van der Waals surface area contributed by atoms with Crippen molar-refractivity contribution in [3.8, 4) is 22.6 Å². The zero-order valence-corrected chi connectivity index (χ0v) is 25.5. The maximum absolute atomic E-state index is 6.45. The number of aromatic nitrogens is 3. The molecule has 10 heteroatoms. The second-order valence-corrected chi connectivity index (χ2v) is 11.7. The lowest BCUT2D eigenvalue weighted by Gasteiger charge is -2.42. The highest BCUT2D eigenvalue weighted by Gasteiger charge is 2.30. The summed E-state index contributed by atoms with van der Waals surface area (Å²) in [4.78, 5) is 14.3. The molecule has 0 spiro atoms. The van der Waals surface area contributed by atoms with Crippen LogP contribution in [0, 0.1) is 0 Å². The molecular weight excluding hydrogens is 554 g/mol. The van der Waals surface area contributed by atoms with E-state index in [4.69, 9.17) is 30.7 Å². The van der Waals surface area contributed by atoms with Crippen molar-refractivity contribution < 1.29 is 14.2 Å². The van der Waals surface area contributed by atoms with Gasteiger partial charge in [-0.2, -0.15) is 0 Å². The van der Waals surface area contributed by atoms with Crippen LogP contribution in [-0.2, 0) is 9.47 Å². The number of ether oxygens (including phenoxy) is 3. The van der Waals surface area contributed by atoms with Crippen molar-refractivity contribution in [2.45, 2.75) is 37.8 Å². The molecule has 4 N–H and O–H groups in total. The first-order valence-electron chi connectivity index (χ1n) is 16.0. The smallest absolute Gasteiger partial charge is 0.146 e. The zero-order valence-electron chi connectivity index (χ0n) is 25.5. The number of nitrogens with two attached hydrogens (primary N) is 2. The minimum absolute atomic E-state index is 0.393. The van der Waals surface area contributed by atoms with Crippen molar-refractivity contribution in [1.29, 1.82) is 0 Å². The molecule has 2 aliphatic rings. The standard InChI is InChI=1S/C34H45N7O3/c35-14-20-42-22-23-43-21-19-39-15-17-40(18-16-39)27-8-10-28(11-9-27)41-24-31(32-33(36)37-25-38-34(32)41)26-6-12-30(13-7-26)44-29-4-2-1-3-5-29/h1-7,12-13,24-25,27-28H,8-11,14-23,35H2,(H2,36,37,38)/t27-,28-. The summed E-state index contributed by atoms with van der Waals surface area (Å²) in [6.07, 6.45) is 8.46. The van der Waals surface area contributed by atoms with Gasteiger partial charge in [-0.3, -0.25) is 9.80 Å². The van der Waals surface area contributed by atoms with Gasteiger partial charge in [0.15, 0.2) is 0 Å². The Balaban J connectivity index is 1.04. The van der Waals surface area contributed by atoms with Crippen molar-refractivity contribution in [2.75, 3.05) is 71.4 Å². The van der Waals surface area contributed by atoms with Gasteiger partial charge in [0, 0.05) is 63.1 Å². The van der Waals surface area contributed by atoms with Gasteiger partial charge in [-0.15, -0.1) is 0 Å². The van der Waals surface area contributed by atoms with Crippen LogP contribution in [0.15, 0.2) is 67.1 Å². The highest BCUT2D eigenvalue weighted by atomic mass is 16.5. The lowest BCUT2D eigenvalue weighted by atomic mass is 9.89. The van der Waals surface area contributed by atoms with Crippen LogP contribution < -0.4 is 16.2 Å². The number of fused-ring (bicyclic) bond motifs is 1. The van der Waals surface area contributed by atoms with E-state index in [0.717, 1.165) is 85.8 Å². The fourth-order valence-corrected chi connectivity index (χ4v) is 6.59. The van der Waals surface area contributed by atoms with Gasteiger partial charge >= 0.3 is 0 Å². The van der Waals surface area contributed by atoms with E-state index in [9.17, 15) is 0 Å². The van der Waals surface area contributed by atoms with Gasteiger partial charge in [0.2, 0.25) is 0 Å². The first-order valence-corrected chi connectivity index (χ1v) is 16.0. The summed E-state index contributed by atoms with van der Waals surface area (Å²) in [6.45, 7) is 8.59.